The van der Waals surface area contributed by atoms with Crippen molar-refractivity contribution in [2.75, 3.05) is 12.1 Å². The lowest BCUT2D eigenvalue weighted by atomic mass is 10.1. The van der Waals surface area contributed by atoms with Gasteiger partial charge in [-0.05, 0) is 50.3 Å². The number of benzene rings is 2. The Hall–Kier alpha value is -3.76. The van der Waals surface area contributed by atoms with Gasteiger partial charge in [0.2, 0.25) is 0 Å². The zero-order valence-corrected chi connectivity index (χ0v) is 18.9. The third-order valence-corrected chi connectivity index (χ3v) is 6.34. The van der Waals surface area contributed by atoms with E-state index in [1.807, 2.05) is 24.3 Å². The number of hydrazone groups is 1. The highest BCUT2D eigenvalue weighted by atomic mass is 32.2. The lowest BCUT2D eigenvalue weighted by molar-refractivity contribution is -0.143. The smallest absolute Gasteiger partial charge is 0.328 e. The molecule has 10 heteroatoms. The second-order valence-corrected chi connectivity index (χ2v) is 8.96. The van der Waals surface area contributed by atoms with E-state index in [0.717, 1.165) is 16.5 Å². The first-order valence-electron chi connectivity index (χ1n) is 9.98. The van der Waals surface area contributed by atoms with Crippen molar-refractivity contribution in [1.29, 1.82) is 0 Å². The summed E-state index contributed by atoms with van der Waals surface area (Å²) in [6.45, 7) is 3.44. The zero-order valence-electron chi connectivity index (χ0n) is 18.1. The second kappa shape index (κ2) is 8.30. The van der Waals surface area contributed by atoms with Crippen molar-refractivity contribution >= 4 is 50.4 Å². The average Bonchev–Trinajstić information content (AvgIpc) is 3.30. The predicted molar refractivity (Wildman–Crippen MR) is 123 cm³/mol. The fourth-order valence-electron chi connectivity index (χ4n) is 3.73. The van der Waals surface area contributed by atoms with Crippen LogP contribution in [0, 0.1) is 0 Å². The molecule has 0 saturated carbocycles. The second-order valence-electron chi connectivity index (χ2n) is 7.54. The zero-order chi connectivity index (χ0) is 23.9. The van der Waals surface area contributed by atoms with Crippen LogP contribution < -0.4 is 5.01 Å². The number of fused-ring (bicyclic) bond motifs is 1. The minimum atomic E-state index is -4.34. The van der Waals surface area contributed by atoms with Crippen LogP contribution in [0.4, 0.5) is 5.69 Å². The summed E-state index contributed by atoms with van der Waals surface area (Å²) in [6, 6.07) is 12.2. The summed E-state index contributed by atoms with van der Waals surface area (Å²) in [5.41, 5.74) is 2.76. The van der Waals surface area contributed by atoms with Crippen LogP contribution in [0.2, 0.25) is 0 Å². The summed E-state index contributed by atoms with van der Waals surface area (Å²) in [6.07, 6.45) is 3.51. The molecule has 0 radical (unpaired) electrons. The van der Waals surface area contributed by atoms with Gasteiger partial charge in [-0.2, -0.15) is 18.5 Å². The van der Waals surface area contributed by atoms with Gasteiger partial charge < -0.3 is 9.30 Å². The number of hydrogen-bond acceptors (Lipinski definition) is 6. The third-order valence-electron chi connectivity index (χ3n) is 5.47. The van der Waals surface area contributed by atoms with Crippen molar-refractivity contribution in [3.63, 3.8) is 0 Å². The van der Waals surface area contributed by atoms with E-state index < -0.39 is 16.2 Å². The van der Waals surface area contributed by atoms with E-state index in [4.69, 9.17) is 9.29 Å². The molecule has 9 nitrogen and oxygen atoms in total. The van der Waals surface area contributed by atoms with Crippen LogP contribution in [0.25, 0.3) is 17.0 Å². The van der Waals surface area contributed by atoms with Crippen LogP contribution in [-0.4, -0.2) is 42.2 Å². The number of rotatable bonds is 5. The van der Waals surface area contributed by atoms with Crippen molar-refractivity contribution in [2.24, 2.45) is 5.10 Å². The Balaban J connectivity index is 1.73. The number of aromatic nitrogens is 1. The number of carbonyl (C=O) groups excluding carboxylic acids is 2. The molecule has 1 aliphatic rings. The lowest BCUT2D eigenvalue weighted by Crippen LogP contribution is -2.21. The quantitative estimate of drug-likeness (QED) is 0.349. The van der Waals surface area contributed by atoms with E-state index in [0.29, 0.717) is 17.0 Å². The number of carbonyl (C=O) groups is 2. The molecule has 4 rings (SSSR count). The van der Waals surface area contributed by atoms with Gasteiger partial charge in [-0.3, -0.25) is 9.35 Å². The minimum absolute atomic E-state index is 0.276. The van der Waals surface area contributed by atoms with Gasteiger partial charge in [-0.15, -0.1) is 0 Å². The molecule has 0 fully saturated rings. The Kier molecular flexibility index (Phi) is 5.64. The maximum Gasteiger partial charge on any atom is 0.328 e. The third kappa shape index (κ3) is 4.06. The van der Waals surface area contributed by atoms with E-state index >= 15 is 0 Å². The Morgan fingerprint density at radius 1 is 1.15 bits per heavy atom. The highest BCUT2D eigenvalue weighted by Gasteiger charge is 2.29. The normalized spacial score (nSPS) is 16.4. The summed E-state index contributed by atoms with van der Waals surface area (Å²) in [7, 11) is -3.00. The van der Waals surface area contributed by atoms with Gasteiger partial charge in [0.15, 0.2) is 0 Å². The molecule has 0 saturated heterocycles. The van der Waals surface area contributed by atoms with Crippen molar-refractivity contribution in [3.8, 4) is 0 Å². The molecule has 33 heavy (non-hydrogen) atoms. The molecular weight excluding hydrogens is 446 g/mol. The van der Waals surface area contributed by atoms with Crippen molar-refractivity contribution < 1.29 is 27.3 Å². The number of esters is 1. The molecule has 1 atom stereocenters. The molecule has 1 N–H and O–H groups in total. The number of anilines is 1. The maximum atomic E-state index is 13.1. The highest BCUT2D eigenvalue weighted by Crippen LogP contribution is 2.30. The number of amides is 1. The van der Waals surface area contributed by atoms with E-state index in [9.17, 15) is 18.0 Å². The number of methoxy groups -OCH3 is 1. The molecule has 1 amide bonds. The highest BCUT2D eigenvalue weighted by molar-refractivity contribution is 7.85. The van der Waals surface area contributed by atoms with Crippen LogP contribution >= 0.6 is 0 Å². The summed E-state index contributed by atoms with van der Waals surface area (Å²) in [5.74, 6) is -0.769. The number of para-hydroxylation sites is 1. The van der Waals surface area contributed by atoms with Gasteiger partial charge in [0.25, 0.3) is 16.0 Å². The topological polar surface area (TPSA) is 118 Å². The van der Waals surface area contributed by atoms with Gasteiger partial charge in [-0.25, -0.2) is 4.79 Å². The summed E-state index contributed by atoms with van der Waals surface area (Å²) in [4.78, 5) is 25.0. The Bertz CT molecular complexity index is 1430. The van der Waals surface area contributed by atoms with Gasteiger partial charge in [0.05, 0.1) is 29.0 Å². The number of nitrogens with zero attached hydrogens (tertiary/aromatic N) is 3. The van der Waals surface area contributed by atoms with Gasteiger partial charge in [0.1, 0.15) is 6.04 Å². The Morgan fingerprint density at radius 2 is 1.82 bits per heavy atom. The number of hydrogen-bond donors (Lipinski definition) is 1. The predicted octanol–water partition coefficient (Wildman–Crippen LogP) is 3.43. The van der Waals surface area contributed by atoms with E-state index in [2.05, 4.69) is 5.10 Å². The largest absolute Gasteiger partial charge is 0.467 e. The standard InChI is InChI=1S/C23H21N3O6S/c1-14-20(22(27)26(24-14)17-8-10-18(11-9-17)33(29,30)31)12-16-13-25(15(2)23(28)32-3)21-7-5-4-6-19(16)21/h4-13,15H,1-3H3,(H,29,30,31)/b20-12-. The van der Waals surface area contributed by atoms with Crippen LogP contribution in [0.15, 0.2) is 70.3 Å². The summed E-state index contributed by atoms with van der Waals surface area (Å²) >= 11 is 0. The fourth-order valence-corrected chi connectivity index (χ4v) is 4.21. The molecule has 2 aromatic carbocycles. The van der Waals surface area contributed by atoms with Crippen molar-refractivity contribution in [2.45, 2.75) is 24.8 Å². The molecule has 170 valence electrons. The molecule has 3 aromatic rings. The van der Waals surface area contributed by atoms with E-state index in [-0.39, 0.29) is 16.8 Å². The molecule has 0 bridgehead atoms. The van der Waals surface area contributed by atoms with Gasteiger partial charge in [0, 0.05) is 22.7 Å². The van der Waals surface area contributed by atoms with Crippen LogP contribution in [-0.2, 0) is 24.4 Å². The van der Waals surface area contributed by atoms with Gasteiger partial charge in [-0.1, -0.05) is 18.2 Å². The Morgan fingerprint density at radius 3 is 2.45 bits per heavy atom. The molecular formula is C23H21N3O6S. The van der Waals surface area contributed by atoms with Crippen LogP contribution in [0.3, 0.4) is 0 Å². The van der Waals surface area contributed by atoms with Crippen LogP contribution in [0.5, 0.6) is 0 Å². The average molecular weight is 468 g/mol. The van der Waals surface area contributed by atoms with E-state index in [1.165, 1.54) is 36.4 Å². The van der Waals surface area contributed by atoms with Gasteiger partial charge >= 0.3 is 5.97 Å². The molecule has 0 spiro atoms. The maximum absolute atomic E-state index is 13.1. The summed E-state index contributed by atoms with van der Waals surface area (Å²) < 4.78 is 38.3. The molecule has 0 aliphatic carbocycles. The minimum Gasteiger partial charge on any atom is -0.467 e. The first-order valence-corrected chi connectivity index (χ1v) is 11.4. The first kappa shape index (κ1) is 22.4. The molecule has 1 aromatic heterocycles. The van der Waals surface area contributed by atoms with Crippen LogP contribution in [0.1, 0.15) is 25.5 Å². The number of ether oxygens (including phenoxy) is 1. The SMILES string of the molecule is COC(=O)C(C)n1cc(/C=C2\C(=O)N(c3ccc(S(=O)(=O)O)cc3)N=C2C)c2ccccc21. The fraction of sp³-hybridized carbons (Fsp3) is 0.174. The lowest BCUT2D eigenvalue weighted by Gasteiger charge is -2.12. The molecule has 1 unspecified atom stereocenters. The first-order chi connectivity index (χ1) is 15.6. The monoisotopic (exact) mass is 467 g/mol. The van der Waals surface area contributed by atoms with E-state index in [1.54, 1.807) is 30.7 Å². The molecule has 1 aliphatic heterocycles. The Labute approximate surface area is 190 Å². The van der Waals surface area contributed by atoms with Crippen molar-refractivity contribution in [3.05, 3.63) is 65.9 Å². The molecule has 2 heterocycles. The van der Waals surface area contributed by atoms with Crippen molar-refractivity contribution in [1.82, 2.24) is 4.57 Å². The summed E-state index contributed by atoms with van der Waals surface area (Å²) in [5, 5.41) is 6.34.